The van der Waals surface area contributed by atoms with Crippen molar-refractivity contribution in [3.63, 3.8) is 0 Å². The van der Waals surface area contributed by atoms with E-state index in [0.29, 0.717) is 16.3 Å². The number of pyridine rings is 1. The summed E-state index contributed by atoms with van der Waals surface area (Å²) in [7, 11) is 3.23. The Balaban J connectivity index is 1.73. The number of aryl methyl sites for hydroxylation is 1. The van der Waals surface area contributed by atoms with Crippen LogP contribution in [0.2, 0.25) is 0 Å². The van der Waals surface area contributed by atoms with Gasteiger partial charge in [0.25, 0.3) is 0 Å². The van der Waals surface area contributed by atoms with E-state index in [1.165, 1.54) is 11.8 Å². The van der Waals surface area contributed by atoms with E-state index >= 15 is 0 Å². The number of methoxy groups -OCH3 is 2. The number of carbonyl (C=O) groups excluding carboxylic acids is 1. The topological polar surface area (TPSA) is 84.2 Å². The number of ether oxygens (including phenoxy) is 2. The molecule has 1 aromatic heterocycles. The number of thioether (sulfide) groups is 1. The highest BCUT2D eigenvalue weighted by Crippen LogP contribution is 2.36. The van der Waals surface area contributed by atoms with Crippen LogP contribution in [0.3, 0.4) is 0 Å². The molecule has 0 aliphatic carbocycles. The van der Waals surface area contributed by atoms with Gasteiger partial charge in [0.05, 0.1) is 30.7 Å². The molecular formula is C30H27N3O3S. The van der Waals surface area contributed by atoms with Crippen LogP contribution in [-0.4, -0.2) is 30.4 Å². The average molecular weight is 510 g/mol. The number of hydrogen-bond acceptors (Lipinski definition) is 6. The Morgan fingerprint density at radius 1 is 0.919 bits per heavy atom. The van der Waals surface area contributed by atoms with Crippen LogP contribution in [0.4, 0.5) is 5.69 Å². The lowest BCUT2D eigenvalue weighted by atomic mass is 9.99. The number of nitrogens with zero attached hydrogens (tertiary/aromatic N) is 2. The van der Waals surface area contributed by atoms with Gasteiger partial charge in [-0.05, 0) is 74.0 Å². The molecule has 37 heavy (non-hydrogen) atoms. The van der Waals surface area contributed by atoms with Crippen LogP contribution in [0.25, 0.3) is 22.4 Å². The Bertz CT molecular complexity index is 1430. The van der Waals surface area contributed by atoms with Gasteiger partial charge in [-0.3, -0.25) is 4.79 Å². The summed E-state index contributed by atoms with van der Waals surface area (Å²) in [6, 6.07) is 27.0. The highest BCUT2D eigenvalue weighted by Gasteiger charge is 2.21. The minimum Gasteiger partial charge on any atom is -0.497 e. The molecule has 0 saturated heterocycles. The van der Waals surface area contributed by atoms with Crippen LogP contribution in [-0.2, 0) is 4.79 Å². The lowest BCUT2D eigenvalue weighted by molar-refractivity contribution is -0.115. The van der Waals surface area contributed by atoms with Crippen molar-refractivity contribution in [3.05, 3.63) is 90.0 Å². The molecule has 0 fully saturated rings. The summed E-state index contributed by atoms with van der Waals surface area (Å²) in [5.74, 6) is 1.30. The Labute approximate surface area is 221 Å². The molecule has 1 heterocycles. The van der Waals surface area contributed by atoms with E-state index in [0.717, 1.165) is 39.4 Å². The molecule has 0 aliphatic heterocycles. The Morgan fingerprint density at radius 3 is 2.03 bits per heavy atom. The summed E-state index contributed by atoms with van der Waals surface area (Å²) >= 11 is 1.26. The van der Waals surface area contributed by atoms with Gasteiger partial charge in [-0.2, -0.15) is 5.26 Å². The molecule has 1 amide bonds. The first-order chi connectivity index (χ1) is 17.9. The van der Waals surface area contributed by atoms with Crippen LogP contribution in [0.5, 0.6) is 11.5 Å². The quantitative estimate of drug-likeness (QED) is 0.265. The summed E-state index contributed by atoms with van der Waals surface area (Å²) in [4.78, 5) is 17.8. The van der Waals surface area contributed by atoms with Gasteiger partial charge in [0.15, 0.2) is 0 Å². The SMILES string of the molecule is COc1ccc(-c2cc(-c3ccc(OC)cc3)c(C#N)c(S[C@H](C)C(=O)Nc3ccc(C)cc3)n2)cc1. The maximum atomic E-state index is 13.0. The molecule has 4 rings (SSSR count). The van der Waals surface area contributed by atoms with Crippen molar-refractivity contribution in [1.82, 2.24) is 4.98 Å². The van der Waals surface area contributed by atoms with Crippen LogP contribution in [0.1, 0.15) is 18.1 Å². The third kappa shape index (κ3) is 6.11. The van der Waals surface area contributed by atoms with E-state index in [-0.39, 0.29) is 5.91 Å². The fourth-order valence-corrected chi connectivity index (χ4v) is 4.65. The molecule has 4 aromatic rings. The molecule has 0 spiro atoms. The number of hydrogen-bond donors (Lipinski definition) is 1. The number of carbonyl (C=O) groups is 1. The van der Waals surface area contributed by atoms with E-state index in [4.69, 9.17) is 14.5 Å². The molecule has 7 heteroatoms. The van der Waals surface area contributed by atoms with Crippen LogP contribution in [0.15, 0.2) is 83.9 Å². The van der Waals surface area contributed by atoms with Crippen LogP contribution >= 0.6 is 11.8 Å². The van der Waals surface area contributed by atoms with Gasteiger partial charge >= 0.3 is 0 Å². The van der Waals surface area contributed by atoms with Crippen LogP contribution in [0, 0.1) is 18.3 Å². The summed E-state index contributed by atoms with van der Waals surface area (Å²) in [5, 5.41) is 13.1. The summed E-state index contributed by atoms with van der Waals surface area (Å²) in [5.41, 5.74) is 5.42. The smallest absolute Gasteiger partial charge is 0.237 e. The highest BCUT2D eigenvalue weighted by molar-refractivity contribution is 8.00. The maximum Gasteiger partial charge on any atom is 0.237 e. The minimum atomic E-state index is -0.490. The number of nitriles is 1. The second-order valence-corrected chi connectivity index (χ2v) is 9.75. The van der Waals surface area contributed by atoms with Gasteiger partial charge in [-0.25, -0.2) is 4.98 Å². The van der Waals surface area contributed by atoms with Gasteiger partial charge in [-0.15, -0.1) is 0 Å². The number of anilines is 1. The highest BCUT2D eigenvalue weighted by atomic mass is 32.2. The molecular weight excluding hydrogens is 482 g/mol. The lowest BCUT2D eigenvalue weighted by Crippen LogP contribution is -2.22. The van der Waals surface area contributed by atoms with Gasteiger partial charge in [0.2, 0.25) is 5.91 Å². The first-order valence-electron chi connectivity index (χ1n) is 11.7. The van der Waals surface area contributed by atoms with Gasteiger partial charge < -0.3 is 14.8 Å². The molecule has 0 saturated carbocycles. The monoisotopic (exact) mass is 509 g/mol. The van der Waals surface area contributed by atoms with Gasteiger partial charge in [0.1, 0.15) is 22.6 Å². The molecule has 0 aliphatic rings. The molecule has 6 nitrogen and oxygen atoms in total. The maximum absolute atomic E-state index is 13.0. The number of amides is 1. The summed E-state index contributed by atoms with van der Waals surface area (Å²) in [6.07, 6.45) is 0. The van der Waals surface area contributed by atoms with Crippen molar-refractivity contribution < 1.29 is 14.3 Å². The molecule has 186 valence electrons. The lowest BCUT2D eigenvalue weighted by Gasteiger charge is -2.16. The Hall–Kier alpha value is -4.28. The molecule has 1 atom stereocenters. The number of nitrogens with one attached hydrogen (secondary N) is 1. The fourth-order valence-electron chi connectivity index (χ4n) is 3.72. The third-order valence-electron chi connectivity index (χ3n) is 5.86. The zero-order valence-corrected chi connectivity index (χ0v) is 21.9. The Morgan fingerprint density at radius 2 is 1.49 bits per heavy atom. The molecule has 1 N–H and O–H groups in total. The largest absolute Gasteiger partial charge is 0.497 e. The van der Waals surface area contributed by atoms with E-state index in [1.54, 1.807) is 14.2 Å². The predicted molar refractivity (Wildman–Crippen MR) is 148 cm³/mol. The summed E-state index contributed by atoms with van der Waals surface area (Å²) < 4.78 is 10.6. The first kappa shape index (κ1) is 25.8. The van der Waals surface area contributed by atoms with Crippen molar-refractivity contribution >= 4 is 23.4 Å². The molecule has 0 radical (unpaired) electrons. The predicted octanol–water partition coefficient (Wildman–Crippen LogP) is 6.73. The number of aromatic nitrogens is 1. The van der Waals surface area contributed by atoms with Gasteiger partial charge in [0, 0.05) is 16.8 Å². The second kappa shape index (κ2) is 11.6. The van der Waals surface area contributed by atoms with E-state index in [1.807, 2.05) is 92.7 Å². The average Bonchev–Trinajstić information content (AvgIpc) is 2.94. The van der Waals surface area contributed by atoms with Crippen molar-refractivity contribution in [2.75, 3.05) is 19.5 Å². The number of rotatable bonds is 8. The van der Waals surface area contributed by atoms with Gasteiger partial charge in [-0.1, -0.05) is 41.6 Å². The van der Waals surface area contributed by atoms with E-state index < -0.39 is 5.25 Å². The summed E-state index contributed by atoms with van der Waals surface area (Å²) in [6.45, 7) is 3.81. The van der Waals surface area contributed by atoms with Crippen molar-refractivity contribution in [3.8, 4) is 40.0 Å². The fraction of sp³-hybridized carbons (Fsp3) is 0.167. The zero-order chi connectivity index (χ0) is 26.4. The molecule has 0 bridgehead atoms. The minimum absolute atomic E-state index is 0.166. The standard InChI is InChI=1S/C30H27N3O3S/c1-19-5-11-23(12-6-19)32-29(34)20(2)37-30-27(18-31)26(21-7-13-24(35-3)14-8-21)17-28(33-30)22-9-15-25(36-4)16-10-22/h5-17,20H,1-4H3,(H,32,34)/t20-/m1/s1. The van der Waals surface area contributed by atoms with Crippen LogP contribution < -0.4 is 14.8 Å². The molecule has 3 aromatic carbocycles. The number of benzene rings is 3. The van der Waals surface area contributed by atoms with E-state index in [9.17, 15) is 10.1 Å². The van der Waals surface area contributed by atoms with Crippen molar-refractivity contribution in [2.45, 2.75) is 24.1 Å². The first-order valence-corrected chi connectivity index (χ1v) is 12.6. The zero-order valence-electron chi connectivity index (χ0n) is 21.1. The second-order valence-electron chi connectivity index (χ2n) is 8.42. The molecule has 0 unspecified atom stereocenters. The van der Waals surface area contributed by atoms with Crippen molar-refractivity contribution in [2.24, 2.45) is 0 Å². The third-order valence-corrected chi connectivity index (χ3v) is 6.95. The van der Waals surface area contributed by atoms with Crippen molar-refractivity contribution in [1.29, 1.82) is 5.26 Å². The normalized spacial score (nSPS) is 11.3. The van der Waals surface area contributed by atoms with E-state index in [2.05, 4.69) is 11.4 Å². The Kier molecular flexibility index (Phi) is 8.11.